The third-order valence-electron chi connectivity index (χ3n) is 3.22. The van der Waals surface area contributed by atoms with Crippen LogP contribution in [0, 0.1) is 19.8 Å². The second-order valence-electron chi connectivity index (χ2n) is 5.33. The van der Waals surface area contributed by atoms with Crippen molar-refractivity contribution in [3.8, 4) is 0 Å². The highest BCUT2D eigenvalue weighted by atomic mass is 16.3. The van der Waals surface area contributed by atoms with Crippen molar-refractivity contribution in [3.05, 3.63) is 27.4 Å². The minimum atomic E-state index is -0.551. The lowest BCUT2D eigenvalue weighted by Crippen LogP contribution is -2.35. The second-order valence-corrected chi connectivity index (χ2v) is 5.33. The van der Waals surface area contributed by atoms with Crippen LogP contribution in [0.4, 0.5) is 0 Å². The van der Waals surface area contributed by atoms with E-state index < -0.39 is 6.10 Å². The molecule has 1 rings (SSSR count). The first-order valence-corrected chi connectivity index (χ1v) is 6.82. The molecular weight excluding hydrogens is 258 g/mol. The number of aromatic amines is 1. The normalized spacial score (nSPS) is 12.5. The Labute approximate surface area is 118 Å². The van der Waals surface area contributed by atoms with Crippen LogP contribution in [0.1, 0.15) is 37.4 Å². The van der Waals surface area contributed by atoms with Crippen molar-refractivity contribution in [3.63, 3.8) is 0 Å². The van der Waals surface area contributed by atoms with Crippen LogP contribution in [0.5, 0.6) is 0 Å². The maximum Gasteiger partial charge on any atom is 0.254 e. The second kappa shape index (κ2) is 7.19. The number of carbonyl (C=O) groups is 1. The van der Waals surface area contributed by atoms with Crippen molar-refractivity contribution in [2.75, 3.05) is 6.54 Å². The Hall–Kier alpha value is -1.69. The molecule has 6 heteroatoms. The first-order valence-electron chi connectivity index (χ1n) is 6.82. The smallest absolute Gasteiger partial charge is 0.254 e. The van der Waals surface area contributed by atoms with Crippen LogP contribution in [-0.4, -0.2) is 33.6 Å². The van der Waals surface area contributed by atoms with Crippen molar-refractivity contribution in [1.82, 2.24) is 15.3 Å². The number of rotatable bonds is 6. The van der Waals surface area contributed by atoms with Crippen LogP contribution in [0.15, 0.2) is 4.79 Å². The summed E-state index contributed by atoms with van der Waals surface area (Å²) in [6.07, 6.45) is 0.00230. The SMILES string of the molecule is Cc1nc(C)c(CCC(=O)NCC(O)C(C)C)c(=O)[nH]1. The van der Waals surface area contributed by atoms with E-state index in [9.17, 15) is 14.7 Å². The van der Waals surface area contributed by atoms with Crippen molar-refractivity contribution in [2.24, 2.45) is 5.92 Å². The van der Waals surface area contributed by atoms with Gasteiger partial charge in [-0.05, 0) is 26.2 Å². The van der Waals surface area contributed by atoms with Gasteiger partial charge in [0, 0.05) is 24.2 Å². The number of nitrogens with one attached hydrogen (secondary N) is 2. The average molecular weight is 281 g/mol. The van der Waals surface area contributed by atoms with Crippen LogP contribution in [0.3, 0.4) is 0 Å². The van der Waals surface area contributed by atoms with Crippen LogP contribution >= 0.6 is 0 Å². The van der Waals surface area contributed by atoms with E-state index in [0.29, 0.717) is 23.5 Å². The molecule has 1 amide bonds. The van der Waals surface area contributed by atoms with Gasteiger partial charge < -0.3 is 15.4 Å². The van der Waals surface area contributed by atoms with E-state index >= 15 is 0 Å². The molecule has 1 unspecified atom stereocenters. The number of aliphatic hydroxyl groups is 1. The molecule has 0 bridgehead atoms. The van der Waals surface area contributed by atoms with E-state index in [1.54, 1.807) is 13.8 Å². The molecular formula is C14H23N3O3. The van der Waals surface area contributed by atoms with Gasteiger partial charge in [0.15, 0.2) is 0 Å². The number of H-pyrrole nitrogens is 1. The Morgan fingerprint density at radius 3 is 2.60 bits per heavy atom. The van der Waals surface area contributed by atoms with Crippen molar-refractivity contribution in [1.29, 1.82) is 0 Å². The lowest BCUT2D eigenvalue weighted by molar-refractivity contribution is -0.121. The van der Waals surface area contributed by atoms with Crippen LogP contribution < -0.4 is 10.9 Å². The van der Waals surface area contributed by atoms with Gasteiger partial charge in [0.05, 0.1) is 6.10 Å². The maximum atomic E-state index is 11.8. The fraction of sp³-hybridized carbons (Fsp3) is 0.643. The number of amides is 1. The van der Waals surface area contributed by atoms with Gasteiger partial charge in [0.25, 0.3) is 5.56 Å². The molecule has 1 aromatic rings. The van der Waals surface area contributed by atoms with Gasteiger partial charge >= 0.3 is 0 Å². The fourth-order valence-electron chi connectivity index (χ4n) is 1.83. The number of aryl methyl sites for hydroxylation is 2. The minimum absolute atomic E-state index is 0.0988. The zero-order valence-corrected chi connectivity index (χ0v) is 12.5. The van der Waals surface area contributed by atoms with Crippen molar-refractivity contribution in [2.45, 2.75) is 46.6 Å². The molecule has 0 aliphatic rings. The molecule has 3 N–H and O–H groups in total. The predicted octanol–water partition coefficient (Wildman–Crippen LogP) is 0.452. The van der Waals surface area contributed by atoms with Crippen LogP contribution in [0.25, 0.3) is 0 Å². The number of hydrogen-bond acceptors (Lipinski definition) is 4. The zero-order valence-electron chi connectivity index (χ0n) is 12.5. The Kier molecular flexibility index (Phi) is 5.88. The summed E-state index contributed by atoms with van der Waals surface area (Å²) in [7, 11) is 0. The lowest BCUT2D eigenvalue weighted by atomic mass is 10.1. The molecule has 20 heavy (non-hydrogen) atoms. The summed E-state index contributed by atoms with van der Waals surface area (Å²) in [4.78, 5) is 30.3. The van der Waals surface area contributed by atoms with Gasteiger partial charge in [-0.2, -0.15) is 0 Å². The van der Waals surface area contributed by atoms with Gasteiger partial charge in [0.1, 0.15) is 5.82 Å². The largest absolute Gasteiger partial charge is 0.391 e. The lowest BCUT2D eigenvalue weighted by Gasteiger charge is -2.15. The summed E-state index contributed by atoms with van der Waals surface area (Å²) >= 11 is 0. The number of aromatic nitrogens is 2. The monoisotopic (exact) mass is 281 g/mol. The standard InChI is InChI=1S/C14H23N3O3/c1-8(2)12(18)7-15-13(19)6-5-11-9(3)16-10(4)17-14(11)20/h8,12,18H,5-7H2,1-4H3,(H,15,19)(H,16,17,20). The molecule has 0 spiro atoms. The molecule has 0 aromatic carbocycles. The number of carbonyl (C=O) groups excluding carboxylic acids is 1. The summed E-state index contributed by atoms with van der Waals surface area (Å²) in [6.45, 7) is 7.49. The highest BCUT2D eigenvalue weighted by Gasteiger charge is 2.12. The van der Waals surface area contributed by atoms with Gasteiger partial charge in [-0.3, -0.25) is 9.59 Å². The Bertz CT molecular complexity index is 523. The number of aliphatic hydroxyl groups excluding tert-OH is 1. The summed E-state index contributed by atoms with van der Waals surface area (Å²) in [5.41, 5.74) is 1.00. The zero-order chi connectivity index (χ0) is 15.3. The first-order chi connectivity index (χ1) is 9.31. The molecule has 112 valence electrons. The Morgan fingerprint density at radius 1 is 1.40 bits per heavy atom. The third-order valence-corrected chi connectivity index (χ3v) is 3.22. The molecule has 1 aromatic heterocycles. The molecule has 0 saturated heterocycles. The molecule has 0 aliphatic carbocycles. The van der Waals surface area contributed by atoms with Gasteiger partial charge in [-0.15, -0.1) is 0 Å². The Balaban J connectivity index is 2.52. The minimum Gasteiger partial charge on any atom is -0.391 e. The van der Waals surface area contributed by atoms with E-state index in [4.69, 9.17) is 0 Å². The molecule has 0 fully saturated rings. The van der Waals surface area contributed by atoms with Gasteiger partial charge in [0.2, 0.25) is 5.91 Å². The Morgan fingerprint density at radius 2 is 2.05 bits per heavy atom. The van der Waals surface area contributed by atoms with Gasteiger partial charge in [-0.1, -0.05) is 13.8 Å². The molecule has 1 atom stereocenters. The molecule has 0 radical (unpaired) electrons. The highest BCUT2D eigenvalue weighted by molar-refractivity contribution is 5.76. The van der Waals surface area contributed by atoms with E-state index in [-0.39, 0.29) is 30.3 Å². The maximum absolute atomic E-state index is 11.8. The van der Waals surface area contributed by atoms with Crippen molar-refractivity contribution < 1.29 is 9.90 Å². The molecule has 6 nitrogen and oxygen atoms in total. The quantitative estimate of drug-likeness (QED) is 0.705. The molecule has 0 aliphatic heterocycles. The summed E-state index contributed by atoms with van der Waals surface area (Å²) < 4.78 is 0. The third kappa shape index (κ3) is 4.77. The van der Waals surface area contributed by atoms with Crippen LogP contribution in [-0.2, 0) is 11.2 Å². The molecule has 1 heterocycles. The molecule has 0 saturated carbocycles. The summed E-state index contributed by atoms with van der Waals surface area (Å²) in [5, 5.41) is 12.3. The van der Waals surface area contributed by atoms with E-state index in [1.807, 2.05) is 13.8 Å². The summed E-state index contributed by atoms with van der Waals surface area (Å²) in [5.74, 6) is 0.492. The average Bonchev–Trinajstić information content (AvgIpc) is 2.34. The van der Waals surface area contributed by atoms with Crippen LogP contribution in [0.2, 0.25) is 0 Å². The topological polar surface area (TPSA) is 95.1 Å². The van der Waals surface area contributed by atoms with E-state index in [2.05, 4.69) is 15.3 Å². The number of hydrogen-bond donors (Lipinski definition) is 3. The predicted molar refractivity (Wildman–Crippen MR) is 76.5 cm³/mol. The number of nitrogens with zero attached hydrogens (tertiary/aromatic N) is 1. The summed E-state index contributed by atoms with van der Waals surface area (Å²) in [6, 6.07) is 0. The first kappa shape index (κ1) is 16.4. The van der Waals surface area contributed by atoms with E-state index in [0.717, 1.165) is 0 Å². The van der Waals surface area contributed by atoms with E-state index in [1.165, 1.54) is 0 Å². The highest BCUT2D eigenvalue weighted by Crippen LogP contribution is 2.03. The fourth-order valence-corrected chi connectivity index (χ4v) is 1.83. The van der Waals surface area contributed by atoms with Gasteiger partial charge in [-0.25, -0.2) is 4.98 Å². The van der Waals surface area contributed by atoms with Crippen molar-refractivity contribution >= 4 is 5.91 Å².